The van der Waals surface area contributed by atoms with E-state index in [0.717, 1.165) is 12.8 Å². The Labute approximate surface area is 78.7 Å². The summed E-state index contributed by atoms with van der Waals surface area (Å²) in [5.74, 6) is 1.77. The lowest BCUT2D eigenvalue weighted by molar-refractivity contribution is -0.130. The topological polar surface area (TPSA) is 40.5 Å². The van der Waals surface area contributed by atoms with E-state index in [9.17, 15) is 9.90 Å². The fourth-order valence-corrected chi connectivity index (χ4v) is 1.83. The molecular weight excluding hydrogens is 166 g/mol. The minimum Gasteiger partial charge on any atom is -0.388 e. The Hall–Kier alpha value is -1.01. The summed E-state index contributed by atoms with van der Waals surface area (Å²) >= 11 is 0. The van der Waals surface area contributed by atoms with Gasteiger partial charge in [-0.25, -0.2) is 0 Å². The summed E-state index contributed by atoms with van der Waals surface area (Å²) in [6.45, 7) is 4.08. The van der Waals surface area contributed by atoms with Crippen LogP contribution in [0.15, 0.2) is 0 Å². The van der Waals surface area contributed by atoms with Crippen LogP contribution in [0.25, 0.3) is 0 Å². The van der Waals surface area contributed by atoms with E-state index >= 15 is 0 Å². The van der Waals surface area contributed by atoms with Gasteiger partial charge in [0, 0.05) is 6.54 Å². The van der Waals surface area contributed by atoms with Gasteiger partial charge in [-0.2, -0.15) is 0 Å². The van der Waals surface area contributed by atoms with E-state index in [4.69, 9.17) is 6.42 Å². The van der Waals surface area contributed by atoms with Gasteiger partial charge in [0.1, 0.15) is 0 Å². The zero-order chi connectivity index (χ0) is 10.1. The fourth-order valence-electron chi connectivity index (χ4n) is 1.83. The molecule has 1 saturated heterocycles. The molecule has 0 radical (unpaired) electrons. The van der Waals surface area contributed by atoms with E-state index in [1.807, 2.05) is 0 Å². The van der Waals surface area contributed by atoms with Crippen molar-refractivity contribution < 1.29 is 9.90 Å². The molecule has 1 atom stereocenters. The van der Waals surface area contributed by atoms with Crippen molar-refractivity contribution >= 4 is 5.91 Å². The van der Waals surface area contributed by atoms with Gasteiger partial charge in [0.15, 0.2) is 0 Å². The predicted octanol–water partition coefficient (Wildman–Crippen LogP) is 0.382. The van der Waals surface area contributed by atoms with E-state index in [2.05, 4.69) is 5.92 Å². The quantitative estimate of drug-likeness (QED) is 0.594. The van der Waals surface area contributed by atoms with Gasteiger partial charge in [-0.15, -0.1) is 6.42 Å². The second kappa shape index (κ2) is 3.39. The molecule has 1 aliphatic heterocycles. The Morgan fingerprint density at radius 1 is 1.69 bits per heavy atom. The largest absolute Gasteiger partial charge is 0.388 e. The lowest BCUT2D eigenvalue weighted by atomic mass is 9.97. The van der Waals surface area contributed by atoms with Gasteiger partial charge in [-0.3, -0.25) is 4.79 Å². The summed E-state index contributed by atoms with van der Waals surface area (Å²) in [6.07, 6.45) is 6.78. The van der Waals surface area contributed by atoms with Crippen LogP contribution in [-0.4, -0.2) is 34.1 Å². The number of terminal acetylenes is 1. The molecule has 1 heterocycles. The number of amides is 1. The molecule has 0 spiro atoms. The lowest BCUT2D eigenvalue weighted by Gasteiger charge is -2.32. The normalized spacial score (nSPS) is 22.9. The molecule has 1 unspecified atom stereocenters. The highest BCUT2D eigenvalue weighted by molar-refractivity contribution is 5.93. The molecular formula is C10H15NO2. The Kier molecular flexibility index (Phi) is 2.63. The number of carbonyl (C=O) groups is 1. The summed E-state index contributed by atoms with van der Waals surface area (Å²) in [6, 6.07) is -0.129. The summed E-state index contributed by atoms with van der Waals surface area (Å²) in [5.41, 5.74) is -0.858. The molecule has 0 aromatic rings. The molecule has 1 N–H and O–H groups in total. The summed E-state index contributed by atoms with van der Waals surface area (Å²) in [4.78, 5) is 12.8. The second-order valence-corrected chi connectivity index (χ2v) is 3.95. The van der Waals surface area contributed by atoms with Crippen LogP contribution in [-0.2, 0) is 4.79 Å². The molecule has 13 heavy (non-hydrogen) atoms. The Bertz CT molecular complexity index is 247. The van der Waals surface area contributed by atoms with E-state index < -0.39 is 5.60 Å². The van der Waals surface area contributed by atoms with Gasteiger partial charge in [0.2, 0.25) is 0 Å². The highest BCUT2D eigenvalue weighted by atomic mass is 16.3. The second-order valence-electron chi connectivity index (χ2n) is 3.95. The molecule has 0 saturated carbocycles. The van der Waals surface area contributed by atoms with Crippen LogP contribution < -0.4 is 0 Å². The maximum atomic E-state index is 11.2. The van der Waals surface area contributed by atoms with Crippen molar-refractivity contribution in [2.75, 3.05) is 6.54 Å². The third-order valence-electron chi connectivity index (χ3n) is 2.45. The van der Waals surface area contributed by atoms with Crippen LogP contribution in [0.3, 0.4) is 0 Å². The van der Waals surface area contributed by atoms with Crippen LogP contribution in [0.4, 0.5) is 0 Å². The van der Waals surface area contributed by atoms with Gasteiger partial charge < -0.3 is 10.0 Å². The van der Waals surface area contributed by atoms with Crippen molar-refractivity contribution in [3.63, 3.8) is 0 Å². The molecule has 0 bridgehead atoms. The zero-order valence-electron chi connectivity index (χ0n) is 8.08. The van der Waals surface area contributed by atoms with Gasteiger partial charge in [-0.05, 0) is 32.6 Å². The number of rotatable bonds is 1. The number of aliphatic hydroxyl groups is 1. The van der Waals surface area contributed by atoms with Gasteiger partial charge in [0.05, 0.1) is 11.6 Å². The Balaban J connectivity index is 2.77. The summed E-state index contributed by atoms with van der Waals surface area (Å²) in [7, 11) is 0. The first-order valence-corrected chi connectivity index (χ1v) is 4.46. The fraction of sp³-hybridized carbons (Fsp3) is 0.700. The molecule has 1 amide bonds. The smallest absolute Gasteiger partial charge is 0.298 e. The average Bonchev–Trinajstić information content (AvgIpc) is 2.49. The predicted molar refractivity (Wildman–Crippen MR) is 49.9 cm³/mol. The molecule has 1 aliphatic rings. The number of hydrogen-bond donors (Lipinski definition) is 1. The first-order chi connectivity index (χ1) is 5.96. The zero-order valence-corrected chi connectivity index (χ0v) is 8.08. The number of likely N-dealkylation sites (tertiary alicyclic amines) is 1. The molecule has 72 valence electrons. The molecule has 3 nitrogen and oxygen atoms in total. The standard InChI is InChI=1S/C10H15NO2/c1-4-9(12)11-7-5-6-8(11)10(2,3)13/h1,8,13H,5-7H2,2-3H3. The van der Waals surface area contributed by atoms with Crippen LogP contribution in [0.2, 0.25) is 0 Å². The highest BCUT2D eigenvalue weighted by Gasteiger charge is 2.37. The number of carbonyl (C=O) groups excluding carboxylic acids is 1. The maximum absolute atomic E-state index is 11.2. The van der Waals surface area contributed by atoms with Crippen molar-refractivity contribution in [2.24, 2.45) is 0 Å². The number of hydrogen-bond acceptors (Lipinski definition) is 2. The number of nitrogens with zero attached hydrogens (tertiary/aromatic N) is 1. The van der Waals surface area contributed by atoms with E-state index in [1.165, 1.54) is 0 Å². The lowest BCUT2D eigenvalue weighted by Crippen LogP contribution is -2.47. The van der Waals surface area contributed by atoms with Crippen LogP contribution >= 0.6 is 0 Å². The SMILES string of the molecule is C#CC(=O)N1CCCC1C(C)(C)O. The van der Waals surface area contributed by atoms with Crippen molar-refractivity contribution in [3.05, 3.63) is 0 Å². The Morgan fingerprint density at radius 2 is 2.31 bits per heavy atom. The maximum Gasteiger partial charge on any atom is 0.298 e. The van der Waals surface area contributed by atoms with Gasteiger partial charge in [0.25, 0.3) is 5.91 Å². The van der Waals surface area contributed by atoms with Crippen molar-refractivity contribution in [1.82, 2.24) is 4.90 Å². The van der Waals surface area contributed by atoms with Gasteiger partial charge in [-0.1, -0.05) is 0 Å². The molecule has 1 rings (SSSR count). The highest BCUT2D eigenvalue weighted by Crippen LogP contribution is 2.26. The minimum absolute atomic E-state index is 0.129. The van der Waals surface area contributed by atoms with E-state index in [0.29, 0.717) is 6.54 Å². The Morgan fingerprint density at radius 3 is 2.77 bits per heavy atom. The van der Waals surface area contributed by atoms with Crippen molar-refractivity contribution in [3.8, 4) is 12.3 Å². The van der Waals surface area contributed by atoms with Crippen molar-refractivity contribution in [2.45, 2.75) is 38.3 Å². The first-order valence-electron chi connectivity index (χ1n) is 4.46. The molecule has 1 fully saturated rings. The third-order valence-corrected chi connectivity index (χ3v) is 2.45. The van der Waals surface area contributed by atoms with E-state index in [1.54, 1.807) is 18.7 Å². The van der Waals surface area contributed by atoms with Crippen LogP contribution in [0, 0.1) is 12.3 Å². The molecule has 0 aromatic carbocycles. The van der Waals surface area contributed by atoms with Crippen LogP contribution in [0.1, 0.15) is 26.7 Å². The minimum atomic E-state index is -0.858. The first kappa shape index (κ1) is 10.1. The van der Waals surface area contributed by atoms with Crippen LogP contribution in [0.5, 0.6) is 0 Å². The average molecular weight is 181 g/mol. The van der Waals surface area contributed by atoms with E-state index in [-0.39, 0.29) is 11.9 Å². The van der Waals surface area contributed by atoms with Gasteiger partial charge >= 0.3 is 0 Å². The molecule has 3 heteroatoms. The molecule has 0 aliphatic carbocycles. The monoisotopic (exact) mass is 181 g/mol. The summed E-state index contributed by atoms with van der Waals surface area (Å²) < 4.78 is 0. The van der Waals surface area contributed by atoms with Crippen molar-refractivity contribution in [1.29, 1.82) is 0 Å². The summed E-state index contributed by atoms with van der Waals surface area (Å²) in [5, 5.41) is 9.77. The third kappa shape index (κ3) is 2.02. The molecule has 0 aromatic heterocycles.